The maximum atomic E-state index is 12.5. The van der Waals surface area contributed by atoms with Crippen LogP contribution in [0, 0.1) is 13.8 Å². The van der Waals surface area contributed by atoms with E-state index < -0.39 is 22.1 Å². The molecular formula is C11H14F3N3O4S. The number of piperazine rings is 1. The normalized spacial score (nSPS) is 17.8. The van der Waals surface area contributed by atoms with Crippen molar-refractivity contribution >= 4 is 15.9 Å². The predicted octanol–water partition coefficient (Wildman–Crippen LogP) is 0.687. The third kappa shape index (κ3) is 2.95. The Labute approximate surface area is 124 Å². The lowest BCUT2D eigenvalue weighted by molar-refractivity contribution is -0.186. The van der Waals surface area contributed by atoms with Crippen molar-refractivity contribution in [2.24, 2.45) is 0 Å². The number of aryl methyl sites for hydroxylation is 2. The van der Waals surface area contributed by atoms with Crippen molar-refractivity contribution in [3.8, 4) is 0 Å². The highest BCUT2D eigenvalue weighted by atomic mass is 32.2. The van der Waals surface area contributed by atoms with Gasteiger partial charge in [-0.1, -0.05) is 5.16 Å². The van der Waals surface area contributed by atoms with E-state index in [9.17, 15) is 26.4 Å². The minimum absolute atomic E-state index is 0.0805. The number of amides is 1. The van der Waals surface area contributed by atoms with Gasteiger partial charge in [0, 0.05) is 26.2 Å². The van der Waals surface area contributed by atoms with Gasteiger partial charge in [0.15, 0.2) is 5.76 Å². The third-order valence-corrected chi connectivity index (χ3v) is 5.48. The van der Waals surface area contributed by atoms with E-state index >= 15 is 0 Å². The standard InChI is InChI=1S/C11H14F3N3O4S/c1-7-9(8(2)21-15-7)22(19,20)17-5-3-16(4-6-17)10(18)11(12,13)14/h3-6H2,1-2H3. The molecule has 0 unspecified atom stereocenters. The Hall–Kier alpha value is -1.62. The molecule has 1 aromatic heterocycles. The predicted molar refractivity (Wildman–Crippen MR) is 67.4 cm³/mol. The van der Waals surface area contributed by atoms with Crippen LogP contribution in [0.25, 0.3) is 0 Å². The van der Waals surface area contributed by atoms with Crippen molar-refractivity contribution in [3.05, 3.63) is 11.5 Å². The lowest BCUT2D eigenvalue weighted by Gasteiger charge is -2.34. The SMILES string of the molecule is Cc1noc(C)c1S(=O)(=O)N1CCN(C(=O)C(F)(F)F)CC1. The minimum Gasteiger partial charge on any atom is -0.360 e. The summed E-state index contributed by atoms with van der Waals surface area (Å²) < 4.78 is 67.8. The van der Waals surface area contributed by atoms with Crippen LogP contribution in [0.5, 0.6) is 0 Å². The van der Waals surface area contributed by atoms with E-state index in [0.29, 0.717) is 4.90 Å². The number of nitrogens with zero attached hydrogens (tertiary/aromatic N) is 3. The number of aromatic nitrogens is 1. The summed E-state index contributed by atoms with van der Waals surface area (Å²) in [6.07, 6.45) is -4.96. The zero-order valence-corrected chi connectivity index (χ0v) is 12.7. The van der Waals surface area contributed by atoms with Gasteiger partial charge in [0.05, 0.1) is 0 Å². The number of alkyl halides is 3. The van der Waals surface area contributed by atoms with Crippen LogP contribution in [0.3, 0.4) is 0 Å². The van der Waals surface area contributed by atoms with Gasteiger partial charge in [-0.25, -0.2) is 8.42 Å². The molecule has 124 valence electrons. The molecule has 0 N–H and O–H groups in total. The number of hydrogen-bond donors (Lipinski definition) is 0. The van der Waals surface area contributed by atoms with Crippen LogP contribution in [-0.2, 0) is 14.8 Å². The van der Waals surface area contributed by atoms with E-state index in [1.165, 1.54) is 13.8 Å². The van der Waals surface area contributed by atoms with Gasteiger partial charge in [0.1, 0.15) is 10.6 Å². The Morgan fingerprint density at radius 2 is 1.73 bits per heavy atom. The molecule has 0 bridgehead atoms. The first-order valence-corrected chi connectivity index (χ1v) is 7.78. The maximum absolute atomic E-state index is 12.5. The number of hydrogen-bond acceptors (Lipinski definition) is 5. The van der Waals surface area contributed by atoms with Gasteiger partial charge >= 0.3 is 12.1 Å². The molecule has 1 aromatic rings. The largest absolute Gasteiger partial charge is 0.471 e. The lowest BCUT2D eigenvalue weighted by atomic mass is 10.3. The highest BCUT2D eigenvalue weighted by Gasteiger charge is 2.44. The second kappa shape index (κ2) is 5.54. The van der Waals surface area contributed by atoms with Crippen molar-refractivity contribution in [1.82, 2.24) is 14.4 Å². The number of carbonyl (C=O) groups excluding carboxylic acids is 1. The Kier molecular flexibility index (Phi) is 4.22. The van der Waals surface area contributed by atoms with Crippen LogP contribution in [0.4, 0.5) is 13.2 Å². The molecule has 7 nitrogen and oxygen atoms in total. The molecule has 11 heteroatoms. The van der Waals surface area contributed by atoms with Crippen LogP contribution in [0.2, 0.25) is 0 Å². The van der Waals surface area contributed by atoms with Crippen LogP contribution in [-0.4, -0.2) is 61.0 Å². The van der Waals surface area contributed by atoms with Gasteiger partial charge < -0.3 is 9.42 Å². The lowest BCUT2D eigenvalue weighted by Crippen LogP contribution is -2.53. The zero-order valence-electron chi connectivity index (χ0n) is 11.8. The van der Waals surface area contributed by atoms with Gasteiger partial charge in [0.25, 0.3) is 0 Å². The third-order valence-electron chi connectivity index (χ3n) is 3.33. The van der Waals surface area contributed by atoms with Gasteiger partial charge in [-0.2, -0.15) is 17.5 Å². The Bertz CT molecular complexity index is 656. The fourth-order valence-electron chi connectivity index (χ4n) is 2.28. The molecule has 0 radical (unpaired) electrons. The summed E-state index contributed by atoms with van der Waals surface area (Å²) in [7, 11) is -3.91. The summed E-state index contributed by atoms with van der Waals surface area (Å²) >= 11 is 0. The molecular weight excluding hydrogens is 327 g/mol. The van der Waals surface area contributed by atoms with E-state index in [1.807, 2.05) is 0 Å². The van der Waals surface area contributed by atoms with Crippen molar-refractivity contribution in [3.63, 3.8) is 0 Å². The molecule has 1 fully saturated rings. The Morgan fingerprint density at radius 3 is 2.14 bits per heavy atom. The number of sulfonamides is 1. The van der Waals surface area contributed by atoms with Crippen LogP contribution >= 0.6 is 0 Å². The summed E-state index contributed by atoms with van der Waals surface area (Å²) in [5.41, 5.74) is 0.186. The molecule has 1 aliphatic heterocycles. The second-order valence-corrected chi connectivity index (χ2v) is 6.72. The van der Waals surface area contributed by atoms with Gasteiger partial charge in [-0.15, -0.1) is 0 Å². The highest BCUT2D eigenvalue weighted by Crippen LogP contribution is 2.25. The molecule has 0 saturated carbocycles. The molecule has 2 rings (SSSR count). The number of rotatable bonds is 2. The van der Waals surface area contributed by atoms with E-state index in [0.717, 1.165) is 4.31 Å². The maximum Gasteiger partial charge on any atom is 0.471 e. The highest BCUT2D eigenvalue weighted by molar-refractivity contribution is 7.89. The summed E-state index contributed by atoms with van der Waals surface area (Å²) in [4.78, 5) is 11.6. The first-order valence-electron chi connectivity index (χ1n) is 6.34. The van der Waals surface area contributed by atoms with Crippen molar-refractivity contribution in [2.45, 2.75) is 24.9 Å². The Balaban J connectivity index is 2.14. The number of halogens is 3. The molecule has 0 aromatic carbocycles. The van der Waals surface area contributed by atoms with Crippen molar-refractivity contribution in [1.29, 1.82) is 0 Å². The fourth-order valence-corrected chi connectivity index (χ4v) is 4.00. The van der Waals surface area contributed by atoms with Crippen molar-refractivity contribution < 1.29 is 30.9 Å². The monoisotopic (exact) mass is 341 g/mol. The summed E-state index contributed by atoms with van der Waals surface area (Å²) in [5, 5.41) is 3.56. The van der Waals surface area contributed by atoms with Crippen LogP contribution in [0.1, 0.15) is 11.5 Å². The van der Waals surface area contributed by atoms with Crippen LogP contribution in [0.15, 0.2) is 9.42 Å². The quantitative estimate of drug-likeness (QED) is 0.790. The fraction of sp³-hybridized carbons (Fsp3) is 0.636. The molecule has 1 aliphatic rings. The molecule has 0 spiro atoms. The van der Waals surface area contributed by atoms with E-state index in [2.05, 4.69) is 5.16 Å². The zero-order chi connectivity index (χ0) is 16.7. The summed E-state index contributed by atoms with van der Waals surface area (Å²) in [6.45, 7) is 1.84. The van der Waals surface area contributed by atoms with E-state index in [1.54, 1.807) is 0 Å². The second-order valence-electron chi connectivity index (χ2n) is 4.85. The van der Waals surface area contributed by atoms with Crippen LogP contribution < -0.4 is 0 Å². The topological polar surface area (TPSA) is 83.7 Å². The van der Waals surface area contributed by atoms with E-state index in [4.69, 9.17) is 4.52 Å². The Morgan fingerprint density at radius 1 is 1.18 bits per heavy atom. The minimum atomic E-state index is -4.96. The van der Waals surface area contributed by atoms with Gasteiger partial charge in [-0.05, 0) is 13.8 Å². The first kappa shape index (κ1) is 16.7. The van der Waals surface area contributed by atoms with E-state index in [-0.39, 0.29) is 42.5 Å². The average molecular weight is 341 g/mol. The van der Waals surface area contributed by atoms with Crippen molar-refractivity contribution in [2.75, 3.05) is 26.2 Å². The van der Waals surface area contributed by atoms with Gasteiger partial charge in [-0.3, -0.25) is 4.79 Å². The first-order chi connectivity index (χ1) is 10.0. The smallest absolute Gasteiger partial charge is 0.360 e. The van der Waals surface area contributed by atoms with Gasteiger partial charge in [0.2, 0.25) is 10.0 Å². The molecule has 0 aliphatic carbocycles. The molecule has 1 saturated heterocycles. The molecule has 22 heavy (non-hydrogen) atoms. The molecule has 1 amide bonds. The molecule has 0 atom stereocenters. The molecule has 2 heterocycles. The average Bonchev–Trinajstić information content (AvgIpc) is 2.77. The summed E-state index contributed by atoms with van der Waals surface area (Å²) in [5.74, 6) is -1.84. The summed E-state index contributed by atoms with van der Waals surface area (Å²) in [6, 6.07) is 0. The number of carbonyl (C=O) groups is 1.